The molecule has 140 valence electrons. The van der Waals surface area contributed by atoms with Gasteiger partial charge in [0.05, 0.1) is 18.3 Å². The van der Waals surface area contributed by atoms with Crippen LogP contribution >= 0.6 is 23.2 Å². The molecule has 0 heterocycles. The van der Waals surface area contributed by atoms with Gasteiger partial charge in [-0.05, 0) is 42.3 Å². The standard InChI is InChI=1S/C18H20Cl2N2O3S/c1-12(13-3-7-15(19)8-4-13)21-18(23)11-17(22-26(2,24)25)14-5-9-16(20)10-6-14/h3-10,12,17,22H,11H2,1-2H3,(H,21,23)/t12-,17+/m0/s1. The smallest absolute Gasteiger partial charge is 0.222 e. The molecular formula is C18H20Cl2N2O3S. The van der Waals surface area contributed by atoms with Crippen molar-refractivity contribution in [2.24, 2.45) is 0 Å². The first kappa shape index (κ1) is 20.7. The van der Waals surface area contributed by atoms with Crippen LogP contribution in [0, 0.1) is 0 Å². The van der Waals surface area contributed by atoms with E-state index in [1.165, 1.54) is 0 Å². The average Bonchev–Trinajstić information content (AvgIpc) is 2.54. The Balaban J connectivity index is 2.10. The summed E-state index contributed by atoms with van der Waals surface area (Å²) in [6.45, 7) is 1.85. The Kier molecular flexibility index (Phi) is 7.06. The van der Waals surface area contributed by atoms with Crippen LogP contribution in [0.1, 0.15) is 36.6 Å². The molecule has 0 fully saturated rings. The van der Waals surface area contributed by atoms with Crippen LogP contribution in [0.25, 0.3) is 0 Å². The lowest BCUT2D eigenvalue weighted by atomic mass is 10.0. The summed E-state index contributed by atoms with van der Waals surface area (Å²) >= 11 is 11.7. The summed E-state index contributed by atoms with van der Waals surface area (Å²) in [6.07, 6.45) is 1.02. The van der Waals surface area contributed by atoms with E-state index in [0.717, 1.165) is 11.8 Å². The molecule has 1 amide bonds. The zero-order valence-corrected chi connectivity index (χ0v) is 16.7. The van der Waals surface area contributed by atoms with Crippen LogP contribution in [-0.4, -0.2) is 20.6 Å². The fourth-order valence-electron chi connectivity index (χ4n) is 2.50. The molecule has 2 N–H and O–H groups in total. The number of halogens is 2. The van der Waals surface area contributed by atoms with Gasteiger partial charge in [0.1, 0.15) is 0 Å². The highest BCUT2D eigenvalue weighted by Crippen LogP contribution is 2.21. The first-order valence-electron chi connectivity index (χ1n) is 7.91. The molecule has 2 aromatic rings. The highest BCUT2D eigenvalue weighted by Gasteiger charge is 2.21. The molecule has 2 atom stereocenters. The number of nitrogens with one attached hydrogen (secondary N) is 2. The topological polar surface area (TPSA) is 75.3 Å². The number of amides is 1. The lowest BCUT2D eigenvalue weighted by molar-refractivity contribution is -0.122. The van der Waals surface area contributed by atoms with Gasteiger partial charge in [-0.2, -0.15) is 0 Å². The zero-order valence-electron chi connectivity index (χ0n) is 14.4. The zero-order chi connectivity index (χ0) is 19.3. The molecule has 0 unspecified atom stereocenters. The molecule has 0 saturated heterocycles. The SMILES string of the molecule is C[C@H](NC(=O)C[C@@H](NS(C)(=O)=O)c1ccc(Cl)cc1)c1ccc(Cl)cc1. The summed E-state index contributed by atoms with van der Waals surface area (Å²) in [4.78, 5) is 12.4. The third kappa shape index (κ3) is 6.61. The molecule has 0 aromatic heterocycles. The lowest BCUT2D eigenvalue weighted by Gasteiger charge is -2.20. The van der Waals surface area contributed by atoms with E-state index in [1.54, 1.807) is 36.4 Å². The highest BCUT2D eigenvalue weighted by molar-refractivity contribution is 7.88. The summed E-state index contributed by atoms with van der Waals surface area (Å²) in [6, 6.07) is 13.0. The van der Waals surface area contributed by atoms with E-state index in [9.17, 15) is 13.2 Å². The van der Waals surface area contributed by atoms with Gasteiger partial charge in [-0.3, -0.25) is 4.79 Å². The van der Waals surface area contributed by atoms with Crippen molar-refractivity contribution in [1.29, 1.82) is 0 Å². The van der Waals surface area contributed by atoms with E-state index >= 15 is 0 Å². The van der Waals surface area contributed by atoms with E-state index in [-0.39, 0.29) is 18.4 Å². The molecule has 0 bridgehead atoms. The van der Waals surface area contributed by atoms with Crippen molar-refractivity contribution in [2.45, 2.75) is 25.4 Å². The normalized spacial score (nSPS) is 13.8. The van der Waals surface area contributed by atoms with Crippen LogP contribution in [0.5, 0.6) is 0 Å². The summed E-state index contributed by atoms with van der Waals surface area (Å²) < 4.78 is 25.8. The van der Waals surface area contributed by atoms with Gasteiger partial charge in [0.2, 0.25) is 15.9 Å². The molecule has 5 nitrogen and oxygen atoms in total. The monoisotopic (exact) mass is 414 g/mol. The van der Waals surface area contributed by atoms with Crippen molar-refractivity contribution in [3.05, 3.63) is 69.7 Å². The van der Waals surface area contributed by atoms with Gasteiger partial charge in [-0.1, -0.05) is 47.5 Å². The van der Waals surface area contributed by atoms with Crippen LogP contribution in [0.4, 0.5) is 0 Å². The fraction of sp³-hybridized carbons (Fsp3) is 0.278. The summed E-state index contributed by atoms with van der Waals surface area (Å²) in [5.74, 6) is -0.274. The Bertz CT molecular complexity index is 853. The summed E-state index contributed by atoms with van der Waals surface area (Å²) in [7, 11) is -3.49. The van der Waals surface area contributed by atoms with Gasteiger partial charge >= 0.3 is 0 Å². The van der Waals surface area contributed by atoms with Gasteiger partial charge in [0.25, 0.3) is 0 Å². The Morgan fingerprint density at radius 1 is 0.962 bits per heavy atom. The minimum absolute atomic E-state index is 0.0351. The van der Waals surface area contributed by atoms with Gasteiger partial charge in [0, 0.05) is 16.5 Å². The number of hydrogen-bond donors (Lipinski definition) is 2. The third-order valence-corrected chi connectivity index (χ3v) is 4.98. The Morgan fingerprint density at radius 3 is 1.88 bits per heavy atom. The molecule has 8 heteroatoms. The predicted molar refractivity (Wildman–Crippen MR) is 105 cm³/mol. The van der Waals surface area contributed by atoms with E-state index in [1.807, 2.05) is 19.1 Å². The number of carbonyl (C=O) groups is 1. The lowest BCUT2D eigenvalue weighted by Crippen LogP contribution is -2.34. The maximum atomic E-state index is 12.4. The Morgan fingerprint density at radius 2 is 1.42 bits per heavy atom. The van der Waals surface area contributed by atoms with E-state index in [2.05, 4.69) is 10.0 Å². The van der Waals surface area contributed by atoms with E-state index < -0.39 is 16.1 Å². The van der Waals surface area contributed by atoms with Crippen LogP contribution in [0.2, 0.25) is 10.0 Å². The van der Waals surface area contributed by atoms with E-state index in [4.69, 9.17) is 23.2 Å². The maximum absolute atomic E-state index is 12.4. The second-order valence-electron chi connectivity index (χ2n) is 6.04. The molecule has 0 aliphatic carbocycles. The molecule has 0 saturated carbocycles. The van der Waals surface area contributed by atoms with Crippen LogP contribution in [0.15, 0.2) is 48.5 Å². The number of sulfonamides is 1. The second-order valence-corrected chi connectivity index (χ2v) is 8.69. The van der Waals surface area contributed by atoms with Gasteiger partial charge < -0.3 is 5.32 Å². The van der Waals surface area contributed by atoms with Crippen molar-refractivity contribution in [3.8, 4) is 0 Å². The minimum atomic E-state index is -3.49. The highest BCUT2D eigenvalue weighted by atomic mass is 35.5. The molecule has 0 radical (unpaired) electrons. The number of carbonyl (C=O) groups excluding carboxylic acids is 1. The van der Waals surface area contributed by atoms with Crippen molar-refractivity contribution >= 4 is 39.1 Å². The molecule has 2 aromatic carbocycles. The minimum Gasteiger partial charge on any atom is -0.350 e. The summed E-state index contributed by atoms with van der Waals surface area (Å²) in [5, 5.41) is 4.02. The maximum Gasteiger partial charge on any atom is 0.222 e. The van der Waals surface area contributed by atoms with Gasteiger partial charge in [-0.25, -0.2) is 13.1 Å². The van der Waals surface area contributed by atoms with Gasteiger partial charge in [-0.15, -0.1) is 0 Å². The van der Waals surface area contributed by atoms with E-state index in [0.29, 0.717) is 15.6 Å². The second kappa shape index (κ2) is 8.86. The van der Waals surface area contributed by atoms with Gasteiger partial charge in [0.15, 0.2) is 0 Å². The number of rotatable bonds is 7. The first-order valence-corrected chi connectivity index (χ1v) is 10.6. The summed E-state index contributed by atoms with van der Waals surface area (Å²) in [5.41, 5.74) is 1.57. The fourth-order valence-corrected chi connectivity index (χ4v) is 3.49. The molecule has 0 spiro atoms. The molecule has 0 aliphatic heterocycles. The van der Waals surface area contributed by atoms with Crippen molar-refractivity contribution in [1.82, 2.24) is 10.0 Å². The Hall–Kier alpha value is -1.60. The van der Waals surface area contributed by atoms with Crippen LogP contribution in [-0.2, 0) is 14.8 Å². The quantitative estimate of drug-likeness (QED) is 0.721. The first-order chi connectivity index (χ1) is 12.1. The average molecular weight is 415 g/mol. The molecule has 26 heavy (non-hydrogen) atoms. The van der Waals surface area contributed by atoms with Crippen molar-refractivity contribution in [3.63, 3.8) is 0 Å². The van der Waals surface area contributed by atoms with Crippen molar-refractivity contribution < 1.29 is 13.2 Å². The predicted octanol–water partition coefficient (Wildman–Crippen LogP) is 3.85. The van der Waals surface area contributed by atoms with Crippen molar-refractivity contribution in [2.75, 3.05) is 6.26 Å². The number of benzene rings is 2. The number of hydrogen-bond acceptors (Lipinski definition) is 3. The molecule has 2 rings (SSSR count). The van der Waals surface area contributed by atoms with Crippen LogP contribution < -0.4 is 10.0 Å². The third-order valence-electron chi connectivity index (χ3n) is 3.77. The largest absolute Gasteiger partial charge is 0.350 e. The molecule has 0 aliphatic rings. The molecular weight excluding hydrogens is 395 g/mol. The Labute approximate surface area is 163 Å². The van der Waals surface area contributed by atoms with Crippen LogP contribution in [0.3, 0.4) is 0 Å².